The summed E-state index contributed by atoms with van der Waals surface area (Å²) in [5.74, 6) is 0.299. The molecule has 0 saturated carbocycles. The number of carbonyl (C=O) groups is 1. The van der Waals surface area contributed by atoms with Gasteiger partial charge in [0.25, 0.3) is 0 Å². The van der Waals surface area contributed by atoms with Gasteiger partial charge in [0.1, 0.15) is 5.78 Å². The Kier molecular flexibility index (Phi) is 8.22. The lowest BCUT2D eigenvalue weighted by Crippen LogP contribution is -2.42. The Balaban J connectivity index is 2.15. The minimum atomic E-state index is 0.299. The molecule has 0 aliphatic carbocycles. The Morgan fingerprint density at radius 1 is 1.28 bits per heavy atom. The van der Waals surface area contributed by atoms with E-state index in [1.54, 1.807) is 14.0 Å². The van der Waals surface area contributed by atoms with E-state index in [2.05, 4.69) is 4.90 Å². The molecule has 1 saturated heterocycles. The molecule has 0 spiro atoms. The molecule has 4 nitrogen and oxygen atoms in total. The number of ketones is 1. The van der Waals surface area contributed by atoms with Gasteiger partial charge in [-0.2, -0.15) is 0 Å². The standard InChI is InChI=1S/C14H27NO3/c1-13(16)12-14-6-3-4-7-15(14)8-11-18-10-5-9-17-2/h14H,3-12H2,1-2H3. The number of ether oxygens (including phenoxy) is 2. The number of carbonyl (C=O) groups excluding carboxylic acids is 1. The maximum absolute atomic E-state index is 11.2. The summed E-state index contributed by atoms with van der Waals surface area (Å²) in [6, 6.07) is 0.443. The zero-order chi connectivity index (χ0) is 13.2. The van der Waals surface area contributed by atoms with E-state index < -0.39 is 0 Å². The molecule has 1 unspecified atom stereocenters. The fraction of sp³-hybridized carbons (Fsp3) is 0.929. The SMILES string of the molecule is COCCCOCCN1CCCCC1CC(C)=O. The zero-order valence-electron chi connectivity index (χ0n) is 11.8. The van der Waals surface area contributed by atoms with Crippen molar-refractivity contribution in [1.82, 2.24) is 4.90 Å². The van der Waals surface area contributed by atoms with Crippen molar-refractivity contribution in [3.8, 4) is 0 Å². The zero-order valence-corrected chi connectivity index (χ0v) is 11.8. The maximum Gasteiger partial charge on any atom is 0.131 e. The second-order valence-electron chi connectivity index (χ2n) is 5.05. The smallest absolute Gasteiger partial charge is 0.131 e. The van der Waals surface area contributed by atoms with Crippen LogP contribution < -0.4 is 0 Å². The lowest BCUT2D eigenvalue weighted by Gasteiger charge is -2.35. The highest BCUT2D eigenvalue weighted by Crippen LogP contribution is 2.19. The highest BCUT2D eigenvalue weighted by molar-refractivity contribution is 5.76. The van der Waals surface area contributed by atoms with Gasteiger partial charge in [0, 0.05) is 39.3 Å². The van der Waals surface area contributed by atoms with E-state index in [-0.39, 0.29) is 0 Å². The number of Topliss-reactive ketones (excluding diaryl/α,β-unsaturated/α-hetero) is 1. The van der Waals surface area contributed by atoms with Gasteiger partial charge in [-0.05, 0) is 32.7 Å². The second-order valence-corrected chi connectivity index (χ2v) is 5.05. The minimum Gasteiger partial charge on any atom is -0.385 e. The van der Waals surface area contributed by atoms with Crippen LogP contribution in [-0.4, -0.2) is 56.7 Å². The summed E-state index contributed by atoms with van der Waals surface area (Å²) in [5, 5.41) is 0. The predicted molar refractivity (Wildman–Crippen MR) is 71.8 cm³/mol. The lowest BCUT2D eigenvalue weighted by molar-refractivity contribution is -0.118. The molecule has 1 fully saturated rings. The predicted octanol–water partition coefficient (Wildman–Crippen LogP) is 1.87. The summed E-state index contributed by atoms with van der Waals surface area (Å²) < 4.78 is 10.6. The summed E-state index contributed by atoms with van der Waals surface area (Å²) in [7, 11) is 1.71. The third-order valence-corrected chi connectivity index (χ3v) is 3.43. The van der Waals surface area contributed by atoms with Gasteiger partial charge in [-0.25, -0.2) is 0 Å². The number of hydrogen-bond donors (Lipinski definition) is 0. The molecule has 0 aromatic carbocycles. The first-order valence-corrected chi connectivity index (χ1v) is 7.04. The molecule has 0 aromatic rings. The summed E-state index contributed by atoms with van der Waals surface area (Å²) in [6.45, 7) is 6.03. The van der Waals surface area contributed by atoms with Crippen molar-refractivity contribution in [3.05, 3.63) is 0 Å². The van der Waals surface area contributed by atoms with Gasteiger partial charge in [-0.15, -0.1) is 0 Å². The molecule has 1 heterocycles. The van der Waals surface area contributed by atoms with Crippen molar-refractivity contribution in [2.75, 3.05) is 40.0 Å². The largest absolute Gasteiger partial charge is 0.385 e. The molecule has 18 heavy (non-hydrogen) atoms. The first-order chi connectivity index (χ1) is 8.74. The van der Waals surface area contributed by atoms with E-state index in [0.29, 0.717) is 18.2 Å². The van der Waals surface area contributed by atoms with E-state index in [1.165, 1.54) is 12.8 Å². The first-order valence-electron chi connectivity index (χ1n) is 7.04. The Morgan fingerprint density at radius 2 is 2.11 bits per heavy atom. The molecule has 0 amide bonds. The van der Waals surface area contributed by atoms with Crippen molar-refractivity contribution in [3.63, 3.8) is 0 Å². The molecule has 4 heteroatoms. The normalized spacial score (nSPS) is 21.1. The summed E-state index contributed by atoms with van der Waals surface area (Å²) in [6.07, 6.45) is 5.31. The number of methoxy groups -OCH3 is 1. The Bertz CT molecular complexity index is 233. The van der Waals surface area contributed by atoms with Gasteiger partial charge < -0.3 is 9.47 Å². The molecule has 1 aliphatic rings. The van der Waals surface area contributed by atoms with E-state index in [0.717, 1.165) is 45.8 Å². The van der Waals surface area contributed by atoms with Crippen molar-refractivity contribution < 1.29 is 14.3 Å². The topological polar surface area (TPSA) is 38.8 Å². The maximum atomic E-state index is 11.2. The Hall–Kier alpha value is -0.450. The van der Waals surface area contributed by atoms with Crippen LogP contribution in [0.1, 0.15) is 39.0 Å². The van der Waals surface area contributed by atoms with Gasteiger partial charge in [-0.3, -0.25) is 9.69 Å². The number of hydrogen-bond acceptors (Lipinski definition) is 4. The third kappa shape index (κ3) is 6.47. The van der Waals surface area contributed by atoms with Gasteiger partial charge in [0.05, 0.1) is 6.61 Å². The van der Waals surface area contributed by atoms with Crippen LogP contribution in [-0.2, 0) is 14.3 Å². The van der Waals surface area contributed by atoms with Crippen LogP contribution >= 0.6 is 0 Å². The summed E-state index contributed by atoms with van der Waals surface area (Å²) in [5.41, 5.74) is 0. The fourth-order valence-corrected chi connectivity index (χ4v) is 2.51. The van der Waals surface area contributed by atoms with Gasteiger partial charge in [0.15, 0.2) is 0 Å². The van der Waals surface area contributed by atoms with Gasteiger partial charge >= 0.3 is 0 Å². The van der Waals surface area contributed by atoms with Crippen molar-refractivity contribution >= 4 is 5.78 Å². The fourth-order valence-electron chi connectivity index (χ4n) is 2.51. The van der Waals surface area contributed by atoms with Crippen LogP contribution in [0.2, 0.25) is 0 Å². The van der Waals surface area contributed by atoms with Crippen LogP contribution in [0.5, 0.6) is 0 Å². The molecule has 1 rings (SSSR count). The van der Waals surface area contributed by atoms with Crippen molar-refractivity contribution in [1.29, 1.82) is 0 Å². The Labute approximate surface area is 111 Å². The van der Waals surface area contributed by atoms with Crippen LogP contribution in [0.4, 0.5) is 0 Å². The van der Waals surface area contributed by atoms with E-state index >= 15 is 0 Å². The number of rotatable bonds is 9. The molecule has 1 aliphatic heterocycles. The van der Waals surface area contributed by atoms with E-state index in [9.17, 15) is 4.79 Å². The van der Waals surface area contributed by atoms with Crippen LogP contribution in [0.15, 0.2) is 0 Å². The molecule has 106 valence electrons. The Morgan fingerprint density at radius 3 is 2.83 bits per heavy atom. The average Bonchev–Trinajstić information content (AvgIpc) is 2.35. The third-order valence-electron chi connectivity index (χ3n) is 3.43. The first kappa shape index (κ1) is 15.6. The molecular formula is C14H27NO3. The van der Waals surface area contributed by atoms with E-state index in [1.807, 2.05) is 0 Å². The highest BCUT2D eigenvalue weighted by Gasteiger charge is 2.22. The molecule has 0 bridgehead atoms. The highest BCUT2D eigenvalue weighted by atomic mass is 16.5. The van der Waals surface area contributed by atoms with Gasteiger partial charge in [0.2, 0.25) is 0 Å². The number of nitrogens with zero attached hydrogens (tertiary/aromatic N) is 1. The molecule has 0 aromatic heterocycles. The van der Waals surface area contributed by atoms with Crippen LogP contribution in [0.3, 0.4) is 0 Å². The van der Waals surface area contributed by atoms with Gasteiger partial charge in [-0.1, -0.05) is 6.42 Å². The van der Waals surface area contributed by atoms with E-state index in [4.69, 9.17) is 9.47 Å². The summed E-state index contributed by atoms with van der Waals surface area (Å²) >= 11 is 0. The molecule has 0 N–H and O–H groups in total. The summed E-state index contributed by atoms with van der Waals surface area (Å²) in [4.78, 5) is 13.7. The quantitative estimate of drug-likeness (QED) is 0.591. The minimum absolute atomic E-state index is 0.299. The number of piperidine rings is 1. The van der Waals surface area contributed by atoms with Crippen molar-refractivity contribution in [2.24, 2.45) is 0 Å². The van der Waals surface area contributed by atoms with Crippen LogP contribution in [0.25, 0.3) is 0 Å². The van der Waals surface area contributed by atoms with Crippen molar-refractivity contribution in [2.45, 2.75) is 45.1 Å². The molecular weight excluding hydrogens is 230 g/mol. The molecule has 0 radical (unpaired) electrons. The number of likely N-dealkylation sites (tertiary alicyclic amines) is 1. The average molecular weight is 257 g/mol. The monoisotopic (exact) mass is 257 g/mol. The molecule has 1 atom stereocenters. The van der Waals surface area contributed by atoms with Crippen LogP contribution in [0, 0.1) is 0 Å². The lowest BCUT2D eigenvalue weighted by atomic mass is 9.98. The second kappa shape index (κ2) is 9.48.